The molecule has 1 aliphatic heterocycles. The van der Waals surface area contributed by atoms with Crippen LogP contribution >= 0.6 is 11.8 Å². The average molecular weight is 372 g/mol. The maximum Gasteiger partial charge on any atom is 0.233 e. The molecule has 1 aromatic heterocycles. The quantitative estimate of drug-likeness (QED) is 0.811. The molecule has 2 heterocycles. The van der Waals surface area contributed by atoms with Crippen LogP contribution < -0.4 is 10.2 Å². The average Bonchev–Trinajstić information content (AvgIpc) is 2.72. The highest BCUT2D eigenvalue weighted by Gasteiger charge is 2.18. The van der Waals surface area contributed by atoms with Crippen molar-refractivity contribution in [3.8, 4) is 0 Å². The lowest BCUT2D eigenvalue weighted by atomic mass is 10.2. The fourth-order valence-corrected chi connectivity index (χ4v) is 3.69. The second-order valence-corrected chi connectivity index (χ2v) is 7.57. The van der Waals surface area contributed by atoms with Crippen molar-refractivity contribution in [3.05, 3.63) is 59.8 Å². The largest absolute Gasteiger partial charge is 0.378 e. The number of amides is 1. The van der Waals surface area contributed by atoms with Crippen molar-refractivity contribution < 1.29 is 9.53 Å². The summed E-state index contributed by atoms with van der Waals surface area (Å²) in [6.45, 7) is 5.55. The van der Waals surface area contributed by atoms with Crippen LogP contribution in [0.3, 0.4) is 0 Å². The number of morpholine rings is 1. The molecule has 0 bridgehead atoms. The third kappa shape index (κ3) is 5.22. The van der Waals surface area contributed by atoms with Crippen LogP contribution in [-0.4, -0.2) is 42.4 Å². The van der Waals surface area contributed by atoms with Crippen LogP contribution in [0, 0.1) is 0 Å². The minimum Gasteiger partial charge on any atom is -0.378 e. The Balaban J connectivity index is 1.52. The van der Waals surface area contributed by atoms with Gasteiger partial charge in [0, 0.05) is 37.1 Å². The van der Waals surface area contributed by atoms with E-state index in [0.29, 0.717) is 6.54 Å². The summed E-state index contributed by atoms with van der Waals surface area (Å²) in [5.74, 6) is 1.84. The van der Waals surface area contributed by atoms with Gasteiger partial charge >= 0.3 is 0 Å². The number of benzene rings is 1. The molecule has 0 unspecified atom stereocenters. The molecule has 0 saturated carbocycles. The maximum atomic E-state index is 12.4. The summed E-state index contributed by atoms with van der Waals surface area (Å²) >= 11 is 1.65. The Morgan fingerprint density at radius 1 is 1.23 bits per heavy atom. The second kappa shape index (κ2) is 9.59. The SMILES string of the molecule is C[C@H](SCc1ccccc1)C(=O)NCc1cccnc1N1CCOCC1. The molecule has 1 N–H and O–H groups in total. The number of pyridine rings is 1. The number of thioether (sulfide) groups is 1. The van der Waals surface area contributed by atoms with Crippen LogP contribution in [-0.2, 0) is 21.8 Å². The summed E-state index contributed by atoms with van der Waals surface area (Å²) in [4.78, 5) is 19.2. The van der Waals surface area contributed by atoms with Crippen LogP contribution in [0.25, 0.3) is 0 Å². The molecule has 2 aromatic rings. The number of anilines is 1. The Kier molecular flexibility index (Phi) is 6.91. The number of rotatable bonds is 7. The highest BCUT2D eigenvalue weighted by atomic mass is 32.2. The number of hydrogen-bond donors (Lipinski definition) is 1. The fraction of sp³-hybridized carbons (Fsp3) is 0.400. The van der Waals surface area contributed by atoms with Gasteiger partial charge in [0.2, 0.25) is 5.91 Å². The minimum absolute atomic E-state index is 0.0581. The number of nitrogens with one attached hydrogen (secondary N) is 1. The number of aromatic nitrogens is 1. The van der Waals surface area contributed by atoms with Gasteiger partial charge in [-0.1, -0.05) is 36.4 Å². The first-order valence-corrected chi connectivity index (χ1v) is 9.99. The van der Waals surface area contributed by atoms with Gasteiger partial charge in [0.25, 0.3) is 0 Å². The van der Waals surface area contributed by atoms with Gasteiger partial charge in [-0.25, -0.2) is 4.98 Å². The predicted octanol–water partition coefficient (Wildman–Crippen LogP) is 2.86. The molecule has 0 radical (unpaired) electrons. The lowest BCUT2D eigenvalue weighted by Gasteiger charge is -2.29. The number of nitrogens with zero attached hydrogens (tertiary/aromatic N) is 2. The zero-order chi connectivity index (χ0) is 18.2. The highest BCUT2D eigenvalue weighted by molar-refractivity contribution is 7.99. The Labute approximate surface area is 159 Å². The summed E-state index contributed by atoms with van der Waals surface area (Å²) in [5, 5.41) is 2.96. The van der Waals surface area contributed by atoms with Crippen molar-refractivity contribution in [2.75, 3.05) is 31.2 Å². The molecule has 0 spiro atoms. The van der Waals surface area contributed by atoms with Crippen LogP contribution in [0.4, 0.5) is 5.82 Å². The van der Waals surface area contributed by atoms with Crippen LogP contribution in [0.15, 0.2) is 48.7 Å². The number of carbonyl (C=O) groups excluding carboxylic acids is 1. The molecule has 3 rings (SSSR count). The van der Waals surface area contributed by atoms with Crippen molar-refractivity contribution in [2.24, 2.45) is 0 Å². The second-order valence-electron chi connectivity index (χ2n) is 6.24. The zero-order valence-corrected chi connectivity index (χ0v) is 15.9. The van der Waals surface area contributed by atoms with E-state index in [1.165, 1.54) is 5.56 Å². The lowest BCUT2D eigenvalue weighted by Crippen LogP contribution is -2.38. The van der Waals surface area contributed by atoms with Gasteiger partial charge in [-0.15, -0.1) is 11.8 Å². The van der Waals surface area contributed by atoms with Crippen LogP contribution in [0.5, 0.6) is 0 Å². The Morgan fingerprint density at radius 3 is 2.77 bits per heavy atom. The smallest absolute Gasteiger partial charge is 0.233 e. The van der Waals surface area contributed by atoms with E-state index >= 15 is 0 Å². The third-order valence-corrected chi connectivity index (χ3v) is 5.56. The van der Waals surface area contributed by atoms with Gasteiger partial charge in [0.15, 0.2) is 0 Å². The third-order valence-electron chi connectivity index (χ3n) is 4.34. The monoisotopic (exact) mass is 371 g/mol. The first kappa shape index (κ1) is 18.7. The molecule has 1 saturated heterocycles. The minimum atomic E-state index is -0.0984. The van der Waals surface area contributed by atoms with E-state index in [9.17, 15) is 4.79 Å². The molecule has 26 heavy (non-hydrogen) atoms. The van der Waals surface area contributed by atoms with Crippen molar-refractivity contribution in [1.29, 1.82) is 0 Å². The van der Waals surface area contributed by atoms with E-state index in [0.717, 1.165) is 43.4 Å². The lowest BCUT2D eigenvalue weighted by molar-refractivity contribution is -0.120. The molecule has 1 fully saturated rings. The Hall–Kier alpha value is -2.05. The van der Waals surface area contributed by atoms with Crippen molar-refractivity contribution in [3.63, 3.8) is 0 Å². The van der Waals surface area contributed by atoms with E-state index in [2.05, 4.69) is 27.3 Å². The first-order valence-electron chi connectivity index (χ1n) is 8.94. The number of ether oxygens (including phenoxy) is 1. The number of hydrogen-bond acceptors (Lipinski definition) is 5. The van der Waals surface area contributed by atoms with Crippen molar-refractivity contribution in [1.82, 2.24) is 10.3 Å². The fourth-order valence-electron chi connectivity index (χ4n) is 2.83. The number of carbonyl (C=O) groups is 1. The summed E-state index contributed by atoms with van der Waals surface area (Å²) in [6, 6.07) is 14.2. The van der Waals surface area contributed by atoms with Gasteiger partial charge in [0.05, 0.1) is 18.5 Å². The van der Waals surface area contributed by atoms with Crippen LogP contribution in [0.2, 0.25) is 0 Å². The summed E-state index contributed by atoms with van der Waals surface area (Å²) < 4.78 is 5.41. The molecular weight excluding hydrogens is 346 g/mol. The van der Waals surface area contributed by atoms with E-state index in [1.54, 1.807) is 18.0 Å². The van der Waals surface area contributed by atoms with E-state index in [1.807, 2.05) is 37.3 Å². The standard InChI is InChI=1S/C20H25N3O2S/c1-16(26-15-17-6-3-2-4-7-17)20(24)22-14-18-8-5-9-21-19(18)23-10-12-25-13-11-23/h2-9,16H,10-15H2,1H3,(H,22,24)/t16-/m0/s1. The van der Waals surface area contributed by atoms with E-state index in [-0.39, 0.29) is 11.2 Å². The Morgan fingerprint density at radius 2 is 2.00 bits per heavy atom. The summed E-state index contributed by atoms with van der Waals surface area (Å²) in [6.07, 6.45) is 1.80. The predicted molar refractivity (Wildman–Crippen MR) is 106 cm³/mol. The molecule has 6 heteroatoms. The molecule has 1 aromatic carbocycles. The molecule has 1 amide bonds. The summed E-state index contributed by atoms with van der Waals surface area (Å²) in [7, 11) is 0. The molecule has 138 valence electrons. The molecule has 1 aliphatic rings. The van der Waals surface area contributed by atoms with E-state index < -0.39 is 0 Å². The van der Waals surface area contributed by atoms with Crippen molar-refractivity contribution >= 4 is 23.5 Å². The van der Waals surface area contributed by atoms with Gasteiger partial charge in [0.1, 0.15) is 5.82 Å². The van der Waals surface area contributed by atoms with Crippen LogP contribution in [0.1, 0.15) is 18.1 Å². The van der Waals surface area contributed by atoms with E-state index in [4.69, 9.17) is 4.74 Å². The van der Waals surface area contributed by atoms with Gasteiger partial charge in [-0.05, 0) is 18.6 Å². The molecular formula is C20H25N3O2S. The normalized spacial score (nSPS) is 15.5. The zero-order valence-electron chi connectivity index (χ0n) is 15.1. The van der Waals surface area contributed by atoms with Gasteiger partial charge in [-0.3, -0.25) is 4.79 Å². The van der Waals surface area contributed by atoms with Gasteiger partial charge in [-0.2, -0.15) is 0 Å². The highest BCUT2D eigenvalue weighted by Crippen LogP contribution is 2.20. The van der Waals surface area contributed by atoms with Gasteiger partial charge < -0.3 is 15.0 Å². The Bertz CT molecular complexity index is 705. The molecule has 0 aliphatic carbocycles. The first-order chi connectivity index (χ1) is 12.7. The summed E-state index contributed by atoms with van der Waals surface area (Å²) in [5.41, 5.74) is 2.28. The molecule has 1 atom stereocenters. The van der Waals surface area contributed by atoms with Crippen molar-refractivity contribution in [2.45, 2.75) is 24.5 Å². The molecule has 5 nitrogen and oxygen atoms in total. The maximum absolute atomic E-state index is 12.4. The topological polar surface area (TPSA) is 54.5 Å².